The summed E-state index contributed by atoms with van der Waals surface area (Å²) in [5.41, 5.74) is 3.99. The van der Waals surface area contributed by atoms with Gasteiger partial charge in [0, 0.05) is 44.4 Å². The standard InChI is InChI=1S/C26H30N4O2/c1-20(2)22-9-11-23(12-10-22)26(32)29-16-14-28(15-17-29)25(31)13-8-21-18-27-30(19-21)24-6-4-3-5-7-24/h3-7,9-12,18-20H,8,13-17H2,1-2H3. The summed E-state index contributed by atoms with van der Waals surface area (Å²) < 4.78 is 1.83. The first-order valence-electron chi connectivity index (χ1n) is 11.3. The third kappa shape index (κ3) is 5.07. The largest absolute Gasteiger partial charge is 0.339 e. The van der Waals surface area contributed by atoms with Gasteiger partial charge in [0.2, 0.25) is 5.91 Å². The third-order valence-electron chi connectivity index (χ3n) is 6.03. The van der Waals surface area contributed by atoms with E-state index in [4.69, 9.17) is 0 Å². The van der Waals surface area contributed by atoms with Crippen molar-refractivity contribution >= 4 is 11.8 Å². The van der Waals surface area contributed by atoms with Crippen LogP contribution in [0.4, 0.5) is 0 Å². The van der Waals surface area contributed by atoms with Crippen molar-refractivity contribution in [1.82, 2.24) is 19.6 Å². The summed E-state index contributed by atoms with van der Waals surface area (Å²) in [4.78, 5) is 29.2. The number of para-hydroxylation sites is 1. The molecule has 1 aliphatic heterocycles. The molecule has 0 saturated carbocycles. The fraction of sp³-hybridized carbons (Fsp3) is 0.346. The van der Waals surface area contributed by atoms with Crippen LogP contribution in [0.5, 0.6) is 0 Å². The maximum atomic E-state index is 12.8. The highest BCUT2D eigenvalue weighted by Gasteiger charge is 2.24. The van der Waals surface area contributed by atoms with Crippen molar-refractivity contribution in [3.63, 3.8) is 0 Å². The van der Waals surface area contributed by atoms with E-state index >= 15 is 0 Å². The normalized spacial score (nSPS) is 14.1. The first-order chi connectivity index (χ1) is 15.5. The molecule has 0 unspecified atom stereocenters. The molecule has 2 aromatic carbocycles. The van der Waals surface area contributed by atoms with Gasteiger partial charge in [0.15, 0.2) is 0 Å². The van der Waals surface area contributed by atoms with Gasteiger partial charge in [-0.25, -0.2) is 4.68 Å². The molecule has 4 rings (SSSR count). The minimum absolute atomic E-state index is 0.0423. The molecule has 0 bridgehead atoms. The van der Waals surface area contributed by atoms with Gasteiger partial charge in [-0.2, -0.15) is 5.10 Å². The van der Waals surface area contributed by atoms with Gasteiger partial charge in [-0.3, -0.25) is 9.59 Å². The van der Waals surface area contributed by atoms with E-state index in [2.05, 4.69) is 18.9 Å². The number of amides is 2. The summed E-state index contributed by atoms with van der Waals surface area (Å²) in [5.74, 6) is 0.618. The Balaban J connectivity index is 1.25. The van der Waals surface area contributed by atoms with Crippen LogP contribution in [-0.2, 0) is 11.2 Å². The zero-order valence-corrected chi connectivity index (χ0v) is 18.8. The molecule has 32 heavy (non-hydrogen) atoms. The molecule has 0 aliphatic carbocycles. The number of carbonyl (C=O) groups excluding carboxylic acids is 2. The Labute approximate surface area is 189 Å². The number of benzene rings is 2. The van der Waals surface area contributed by atoms with Crippen molar-refractivity contribution in [1.29, 1.82) is 0 Å². The van der Waals surface area contributed by atoms with E-state index in [0.717, 1.165) is 11.3 Å². The lowest BCUT2D eigenvalue weighted by Crippen LogP contribution is -2.50. The molecular weight excluding hydrogens is 400 g/mol. The van der Waals surface area contributed by atoms with Crippen LogP contribution in [0.3, 0.4) is 0 Å². The van der Waals surface area contributed by atoms with Crippen LogP contribution in [0.1, 0.15) is 47.7 Å². The first-order valence-corrected chi connectivity index (χ1v) is 11.3. The highest BCUT2D eigenvalue weighted by molar-refractivity contribution is 5.94. The van der Waals surface area contributed by atoms with Crippen LogP contribution >= 0.6 is 0 Å². The van der Waals surface area contributed by atoms with Gasteiger partial charge in [-0.05, 0) is 47.7 Å². The van der Waals surface area contributed by atoms with Crippen LogP contribution in [-0.4, -0.2) is 57.6 Å². The molecule has 166 valence electrons. The molecule has 6 nitrogen and oxygen atoms in total. The van der Waals surface area contributed by atoms with Crippen LogP contribution in [0.25, 0.3) is 5.69 Å². The number of carbonyl (C=O) groups is 2. The average molecular weight is 431 g/mol. The molecule has 1 aromatic heterocycles. The second-order valence-electron chi connectivity index (χ2n) is 8.58. The number of hydrogen-bond acceptors (Lipinski definition) is 3. The summed E-state index contributed by atoms with van der Waals surface area (Å²) in [7, 11) is 0. The van der Waals surface area contributed by atoms with E-state index < -0.39 is 0 Å². The summed E-state index contributed by atoms with van der Waals surface area (Å²) >= 11 is 0. The number of rotatable bonds is 6. The van der Waals surface area contributed by atoms with E-state index in [1.807, 2.05) is 81.5 Å². The second kappa shape index (κ2) is 9.81. The van der Waals surface area contributed by atoms with Gasteiger partial charge >= 0.3 is 0 Å². The number of hydrogen-bond donors (Lipinski definition) is 0. The monoisotopic (exact) mass is 430 g/mol. The summed E-state index contributed by atoms with van der Waals surface area (Å²) in [5, 5.41) is 4.40. The predicted octanol–water partition coefficient (Wildman–Crippen LogP) is 3.91. The van der Waals surface area contributed by atoms with E-state index in [1.54, 1.807) is 0 Å². The Morgan fingerprint density at radius 2 is 1.56 bits per heavy atom. The number of aryl methyl sites for hydroxylation is 1. The molecule has 0 spiro atoms. The highest BCUT2D eigenvalue weighted by Crippen LogP contribution is 2.17. The quantitative estimate of drug-likeness (QED) is 0.596. The topological polar surface area (TPSA) is 58.4 Å². The van der Waals surface area contributed by atoms with Gasteiger partial charge in [-0.15, -0.1) is 0 Å². The minimum Gasteiger partial charge on any atom is -0.339 e. The highest BCUT2D eigenvalue weighted by atomic mass is 16.2. The molecule has 1 fully saturated rings. The van der Waals surface area contributed by atoms with Gasteiger partial charge in [0.1, 0.15) is 0 Å². The van der Waals surface area contributed by atoms with Crippen molar-refractivity contribution in [2.24, 2.45) is 0 Å². The van der Waals surface area contributed by atoms with Crippen molar-refractivity contribution in [2.75, 3.05) is 26.2 Å². The zero-order chi connectivity index (χ0) is 22.5. The Kier molecular flexibility index (Phi) is 6.69. The van der Waals surface area contributed by atoms with Crippen LogP contribution < -0.4 is 0 Å². The van der Waals surface area contributed by atoms with Gasteiger partial charge in [-0.1, -0.05) is 44.2 Å². The lowest BCUT2D eigenvalue weighted by molar-refractivity contribution is -0.132. The van der Waals surface area contributed by atoms with Crippen LogP contribution in [0, 0.1) is 0 Å². The lowest BCUT2D eigenvalue weighted by Gasteiger charge is -2.35. The fourth-order valence-corrected chi connectivity index (χ4v) is 3.97. The molecule has 2 amide bonds. The molecule has 2 heterocycles. The van der Waals surface area contributed by atoms with E-state index in [0.29, 0.717) is 50.5 Å². The number of aromatic nitrogens is 2. The number of piperazine rings is 1. The van der Waals surface area contributed by atoms with Gasteiger partial charge in [0.25, 0.3) is 5.91 Å². The van der Waals surface area contributed by atoms with Crippen molar-refractivity contribution in [2.45, 2.75) is 32.6 Å². The molecule has 0 N–H and O–H groups in total. The van der Waals surface area contributed by atoms with E-state index in [9.17, 15) is 9.59 Å². The lowest BCUT2D eigenvalue weighted by atomic mass is 10.0. The molecule has 3 aromatic rings. The number of nitrogens with zero attached hydrogens (tertiary/aromatic N) is 4. The summed E-state index contributed by atoms with van der Waals surface area (Å²) in [6.07, 6.45) is 4.91. The molecule has 0 atom stereocenters. The molecular formula is C26H30N4O2. The predicted molar refractivity (Wildman–Crippen MR) is 125 cm³/mol. The molecule has 1 saturated heterocycles. The van der Waals surface area contributed by atoms with Gasteiger partial charge in [0.05, 0.1) is 11.9 Å². The van der Waals surface area contributed by atoms with E-state index in [-0.39, 0.29) is 11.8 Å². The zero-order valence-electron chi connectivity index (χ0n) is 18.8. The van der Waals surface area contributed by atoms with Crippen molar-refractivity contribution in [3.8, 4) is 5.69 Å². The Morgan fingerprint density at radius 3 is 2.22 bits per heavy atom. The summed E-state index contributed by atoms with van der Waals surface area (Å²) in [6, 6.07) is 17.8. The molecule has 1 aliphatic rings. The van der Waals surface area contributed by atoms with Crippen molar-refractivity contribution in [3.05, 3.63) is 83.7 Å². The first kappa shape index (κ1) is 21.8. The Morgan fingerprint density at radius 1 is 0.906 bits per heavy atom. The SMILES string of the molecule is CC(C)c1ccc(C(=O)N2CCN(C(=O)CCc3cnn(-c4ccccc4)c3)CC2)cc1. The smallest absolute Gasteiger partial charge is 0.253 e. The maximum Gasteiger partial charge on any atom is 0.253 e. The fourth-order valence-electron chi connectivity index (χ4n) is 3.97. The molecule has 6 heteroatoms. The van der Waals surface area contributed by atoms with Crippen LogP contribution in [0.15, 0.2) is 67.0 Å². The maximum absolute atomic E-state index is 12.8. The minimum atomic E-state index is 0.0423. The van der Waals surface area contributed by atoms with E-state index in [1.165, 1.54) is 5.56 Å². The summed E-state index contributed by atoms with van der Waals surface area (Å²) in [6.45, 7) is 6.59. The third-order valence-corrected chi connectivity index (χ3v) is 6.03. The van der Waals surface area contributed by atoms with Crippen molar-refractivity contribution < 1.29 is 9.59 Å². The van der Waals surface area contributed by atoms with Crippen LogP contribution in [0.2, 0.25) is 0 Å². The Hall–Kier alpha value is -3.41. The van der Waals surface area contributed by atoms with Gasteiger partial charge < -0.3 is 9.80 Å². The second-order valence-corrected chi connectivity index (χ2v) is 8.58. The Bertz CT molecular complexity index is 1050. The molecule has 0 radical (unpaired) electrons. The average Bonchev–Trinajstić information content (AvgIpc) is 3.32.